The monoisotopic (exact) mass is 293 g/mol. The largest absolute Gasteiger partial charge is 0.384 e. The van der Waals surface area contributed by atoms with E-state index in [1.54, 1.807) is 30.3 Å². The molecule has 6 heteroatoms. The van der Waals surface area contributed by atoms with Crippen molar-refractivity contribution in [3.63, 3.8) is 0 Å². The van der Waals surface area contributed by atoms with Crippen LogP contribution in [0, 0.1) is 0 Å². The van der Waals surface area contributed by atoms with Crippen molar-refractivity contribution in [3.05, 3.63) is 30.3 Å². The maximum Gasteiger partial charge on any atom is 0.243 e. The zero-order valence-corrected chi connectivity index (χ0v) is 12.7. The summed E-state index contributed by atoms with van der Waals surface area (Å²) in [6.07, 6.45) is 0. The van der Waals surface area contributed by atoms with Crippen molar-refractivity contribution in [1.29, 1.82) is 0 Å². The fourth-order valence-electron chi connectivity index (χ4n) is 2.23. The summed E-state index contributed by atoms with van der Waals surface area (Å²) in [6, 6.07) is 8.27. The first-order valence-corrected chi connectivity index (χ1v) is 7.98. The molecule has 0 amide bonds. The standard InChI is InChI=1S/C14H19N3O2S/c1-4-17(10(2)3)20(18,19)12-6-7-13-11(9-12)5-8-14(15)16-13/h5-10H,4H2,1-3H3,(H2,15,16). The quantitative estimate of drug-likeness (QED) is 0.938. The SMILES string of the molecule is CCN(C(C)C)S(=O)(=O)c1ccc2nc(N)ccc2c1. The van der Waals surface area contributed by atoms with Crippen molar-refractivity contribution in [2.45, 2.75) is 31.7 Å². The van der Waals surface area contributed by atoms with E-state index in [4.69, 9.17) is 5.73 Å². The molecule has 2 aromatic rings. The summed E-state index contributed by atoms with van der Waals surface area (Å²) < 4.78 is 26.7. The lowest BCUT2D eigenvalue weighted by Crippen LogP contribution is -2.36. The number of rotatable bonds is 4. The number of aromatic nitrogens is 1. The van der Waals surface area contributed by atoms with Crippen molar-refractivity contribution in [3.8, 4) is 0 Å². The Morgan fingerprint density at radius 3 is 2.55 bits per heavy atom. The number of nitrogens with two attached hydrogens (primary N) is 1. The molecule has 20 heavy (non-hydrogen) atoms. The third-order valence-electron chi connectivity index (χ3n) is 3.18. The van der Waals surface area contributed by atoms with Crippen LogP contribution in [0.2, 0.25) is 0 Å². The number of anilines is 1. The van der Waals surface area contributed by atoms with Crippen molar-refractivity contribution in [1.82, 2.24) is 9.29 Å². The molecular formula is C14H19N3O2S. The minimum atomic E-state index is -3.48. The molecule has 2 rings (SSSR count). The first-order valence-electron chi connectivity index (χ1n) is 6.54. The minimum absolute atomic E-state index is 0.0785. The van der Waals surface area contributed by atoms with Gasteiger partial charge in [0.05, 0.1) is 10.4 Å². The molecule has 0 aliphatic carbocycles. The van der Waals surface area contributed by atoms with Gasteiger partial charge in [0.2, 0.25) is 10.0 Å². The molecule has 0 saturated heterocycles. The number of nitrogens with zero attached hydrogens (tertiary/aromatic N) is 2. The van der Waals surface area contributed by atoms with Crippen LogP contribution in [-0.2, 0) is 10.0 Å². The fourth-order valence-corrected chi connectivity index (χ4v) is 3.91. The van der Waals surface area contributed by atoms with Gasteiger partial charge >= 0.3 is 0 Å². The topological polar surface area (TPSA) is 76.3 Å². The molecule has 0 aliphatic heterocycles. The highest BCUT2D eigenvalue weighted by atomic mass is 32.2. The Bertz CT molecular complexity index is 726. The van der Waals surface area contributed by atoms with Gasteiger partial charge in [-0.25, -0.2) is 13.4 Å². The normalized spacial score (nSPS) is 12.4. The van der Waals surface area contributed by atoms with Gasteiger partial charge in [0.15, 0.2) is 0 Å². The Balaban J connectivity index is 2.55. The van der Waals surface area contributed by atoms with Gasteiger partial charge in [0.1, 0.15) is 5.82 Å². The molecule has 0 unspecified atom stereocenters. The third-order valence-corrected chi connectivity index (χ3v) is 5.32. The maximum absolute atomic E-state index is 12.6. The molecule has 1 aromatic carbocycles. The second-order valence-electron chi connectivity index (χ2n) is 4.89. The Morgan fingerprint density at radius 1 is 1.25 bits per heavy atom. The molecule has 0 spiro atoms. The molecule has 0 bridgehead atoms. The van der Waals surface area contributed by atoms with Gasteiger partial charge in [-0.05, 0) is 44.2 Å². The molecule has 108 valence electrons. The number of hydrogen-bond acceptors (Lipinski definition) is 4. The minimum Gasteiger partial charge on any atom is -0.384 e. The molecule has 2 N–H and O–H groups in total. The molecule has 1 aromatic heterocycles. The van der Waals surface area contributed by atoms with Crippen LogP contribution < -0.4 is 5.73 Å². The van der Waals surface area contributed by atoms with Crippen LogP contribution in [0.3, 0.4) is 0 Å². The average molecular weight is 293 g/mol. The predicted molar refractivity (Wildman–Crippen MR) is 80.9 cm³/mol. The van der Waals surface area contributed by atoms with Gasteiger partial charge in [-0.2, -0.15) is 4.31 Å². The van der Waals surface area contributed by atoms with Gasteiger partial charge < -0.3 is 5.73 Å². The van der Waals surface area contributed by atoms with Crippen LogP contribution in [-0.4, -0.2) is 30.3 Å². The number of hydrogen-bond donors (Lipinski definition) is 1. The molecule has 0 radical (unpaired) electrons. The maximum atomic E-state index is 12.6. The van der Waals surface area contributed by atoms with E-state index in [1.165, 1.54) is 4.31 Å². The van der Waals surface area contributed by atoms with E-state index in [0.717, 1.165) is 5.39 Å². The van der Waals surface area contributed by atoms with E-state index in [2.05, 4.69) is 4.98 Å². The summed E-state index contributed by atoms with van der Waals surface area (Å²) in [5.41, 5.74) is 6.31. The molecule has 0 aliphatic rings. The first kappa shape index (κ1) is 14.7. The van der Waals surface area contributed by atoms with E-state index in [0.29, 0.717) is 17.9 Å². The number of benzene rings is 1. The summed E-state index contributed by atoms with van der Waals surface area (Å²) in [4.78, 5) is 4.45. The summed E-state index contributed by atoms with van der Waals surface area (Å²) in [7, 11) is -3.48. The lowest BCUT2D eigenvalue weighted by molar-refractivity contribution is 0.369. The highest BCUT2D eigenvalue weighted by molar-refractivity contribution is 7.89. The van der Waals surface area contributed by atoms with Gasteiger partial charge in [0.25, 0.3) is 0 Å². The van der Waals surface area contributed by atoms with Gasteiger partial charge in [-0.1, -0.05) is 6.92 Å². The van der Waals surface area contributed by atoms with E-state index in [-0.39, 0.29) is 10.9 Å². The molecule has 0 fully saturated rings. The van der Waals surface area contributed by atoms with E-state index in [1.807, 2.05) is 20.8 Å². The second-order valence-corrected chi connectivity index (χ2v) is 6.78. The van der Waals surface area contributed by atoms with Crippen LogP contribution in [0.25, 0.3) is 10.9 Å². The zero-order chi connectivity index (χ0) is 14.9. The van der Waals surface area contributed by atoms with E-state index < -0.39 is 10.0 Å². The van der Waals surface area contributed by atoms with Crippen LogP contribution in [0.4, 0.5) is 5.82 Å². The smallest absolute Gasteiger partial charge is 0.243 e. The zero-order valence-electron chi connectivity index (χ0n) is 11.9. The lowest BCUT2D eigenvalue weighted by Gasteiger charge is -2.24. The first-order chi connectivity index (χ1) is 9.36. The third kappa shape index (κ3) is 2.62. The van der Waals surface area contributed by atoms with Gasteiger partial charge in [0, 0.05) is 18.0 Å². The summed E-state index contributed by atoms with van der Waals surface area (Å²) >= 11 is 0. The summed E-state index contributed by atoms with van der Waals surface area (Å²) in [5.74, 6) is 0.422. The van der Waals surface area contributed by atoms with Crippen LogP contribution in [0.1, 0.15) is 20.8 Å². The van der Waals surface area contributed by atoms with Crippen molar-refractivity contribution in [2.24, 2.45) is 0 Å². The Morgan fingerprint density at radius 2 is 1.95 bits per heavy atom. The van der Waals surface area contributed by atoms with E-state index >= 15 is 0 Å². The van der Waals surface area contributed by atoms with Crippen molar-refractivity contribution in [2.75, 3.05) is 12.3 Å². The average Bonchev–Trinajstić information content (AvgIpc) is 2.37. The highest BCUT2D eigenvalue weighted by Gasteiger charge is 2.25. The van der Waals surface area contributed by atoms with Gasteiger partial charge in [-0.15, -0.1) is 0 Å². The molecule has 0 saturated carbocycles. The fraction of sp³-hybridized carbons (Fsp3) is 0.357. The number of fused-ring (bicyclic) bond motifs is 1. The highest BCUT2D eigenvalue weighted by Crippen LogP contribution is 2.22. The predicted octanol–water partition coefficient (Wildman–Crippen LogP) is 2.24. The Labute approximate surface area is 119 Å². The van der Waals surface area contributed by atoms with Crippen molar-refractivity contribution >= 4 is 26.7 Å². The van der Waals surface area contributed by atoms with Crippen LogP contribution in [0.5, 0.6) is 0 Å². The molecule has 0 atom stereocenters. The Kier molecular flexibility index (Phi) is 3.96. The summed E-state index contributed by atoms with van der Waals surface area (Å²) in [6.45, 7) is 6.01. The lowest BCUT2D eigenvalue weighted by atomic mass is 10.2. The number of sulfonamides is 1. The number of pyridine rings is 1. The second kappa shape index (κ2) is 5.38. The van der Waals surface area contributed by atoms with E-state index in [9.17, 15) is 8.42 Å². The van der Waals surface area contributed by atoms with Gasteiger partial charge in [-0.3, -0.25) is 0 Å². The number of nitrogen functional groups attached to an aromatic ring is 1. The van der Waals surface area contributed by atoms with Crippen LogP contribution in [0.15, 0.2) is 35.2 Å². The molecular weight excluding hydrogens is 274 g/mol. The van der Waals surface area contributed by atoms with Crippen LogP contribution >= 0.6 is 0 Å². The molecule has 5 nitrogen and oxygen atoms in total. The molecule has 1 heterocycles. The van der Waals surface area contributed by atoms with Crippen molar-refractivity contribution < 1.29 is 8.42 Å². The Hall–Kier alpha value is -1.66. The summed E-state index contributed by atoms with van der Waals surface area (Å²) in [5, 5.41) is 0.764.